The molecule has 2 aromatic rings. The number of fused-ring (bicyclic) bond motifs is 1. The molecule has 1 fully saturated rings. The van der Waals surface area contributed by atoms with Crippen LogP contribution in [0.15, 0.2) is 42.5 Å². The number of anilines is 3. The number of benzene rings is 2. The van der Waals surface area contributed by atoms with E-state index in [2.05, 4.69) is 27.7 Å². The summed E-state index contributed by atoms with van der Waals surface area (Å²) < 4.78 is 0. The summed E-state index contributed by atoms with van der Waals surface area (Å²) in [5, 5.41) is 5.76. The van der Waals surface area contributed by atoms with Gasteiger partial charge in [-0.05, 0) is 60.7 Å². The molecule has 2 aliphatic heterocycles. The van der Waals surface area contributed by atoms with Gasteiger partial charge in [0, 0.05) is 30.2 Å². The molecule has 5 nitrogen and oxygen atoms in total. The zero-order valence-electron chi connectivity index (χ0n) is 14.8. The van der Waals surface area contributed by atoms with Crippen molar-refractivity contribution in [2.24, 2.45) is 0 Å². The molecule has 0 bridgehead atoms. The Morgan fingerprint density at radius 2 is 1.81 bits per heavy atom. The quantitative estimate of drug-likeness (QED) is 0.890. The van der Waals surface area contributed by atoms with E-state index in [1.807, 2.05) is 30.3 Å². The number of carbonyl (C=O) groups excluding carboxylic acids is 2. The lowest BCUT2D eigenvalue weighted by Crippen LogP contribution is -2.29. The summed E-state index contributed by atoms with van der Waals surface area (Å²) in [6.45, 7) is 2.22. The summed E-state index contributed by atoms with van der Waals surface area (Å²) in [6, 6.07) is 13.8. The Bertz CT molecular complexity index is 824. The van der Waals surface area contributed by atoms with Gasteiger partial charge in [0.1, 0.15) is 0 Å². The van der Waals surface area contributed by atoms with Gasteiger partial charge in [0.15, 0.2) is 0 Å². The molecule has 4 rings (SSSR count). The number of amides is 2. The van der Waals surface area contributed by atoms with Crippen LogP contribution < -0.4 is 15.5 Å². The molecular weight excluding hydrogens is 326 g/mol. The fourth-order valence-electron chi connectivity index (χ4n) is 3.69. The van der Waals surface area contributed by atoms with Crippen molar-refractivity contribution in [2.45, 2.75) is 32.1 Å². The van der Waals surface area contributed by atoms with Crippen LogP contribution in [0.1, 0.15) is 30.4 Å². The van der Waals surface area contributed by atoms with E-state index in [0.29, 0.717) is 12.8 Å². The van der Waals surface area contributed by atoms with Gasteiger partial charge in [0.05, 0.1) is 12.8 Å². The first-order chi connectivity index (χ1) is 12.7. The van der Waals surface area contributed by atoms with Gasteiger partial charge in [-0.15, -0.1) is 0 Å². The van der Waals surface area contributed by atoms with Crippen LogP contribution in [-0.2, 0) is 22.4 Å². The smallest absolute Gasteiger partial charge is 0.228 e. The molecule has 0 saturated carbocycles. The van der Waals surface area contributed by atoms with Crippen molar-refractivity contribution in [3.63, 3.8) is 0 Å². The van der Waals surface area contributed by atoms with E-state index in [-0.39, 0.29) is 11.8 Å². The summed E-state index contributed by atoms with van der Waals surface area (Å²) in [6.07, 6.45) is 4.51. The van der Waals surface area contributed by atoms with E-state index in [0.717, 1.165) is 35.6 Å². The molecule has 0 radical (unpaired) electrons. The zero-order chi connectivity index (χ0) is 17.9. The van der Waals surface area contributed by atoms with E-state index in [1.54, 1.807) is 0 Å². The zero-order valence-corrected chi connectivity index (χ0v) is 14.8. The summed E-state index contributed by atoms with van der Waals surface area (Å²) in [5.41, 5.74) is 4.77. The van der Waals surface area contributed by atoms with Crippen molar-refractivity contribution in [2.75, 3.05) is 28.6 Å². The minimum atomic E-state index is -0.0482. The summed E-state index contributed by atoms with van der Waals surface area (Å²) in [5.74, 6) is -0.0386. The maximum absolute atomic E-state index is 12.3. The van der Waals surface area contributed by atoms with Gasteiger partial charge in [-0.3, -0.25) is 9.59 Å². The minimum absolute atomic E-state index is 0.00963. The van der Waals surface area contributed by atoms with E-state index in [4.69, 9.17) is 0 Å². The Balaban J connectivity index is 1.36. The van der Waals surface area contributed by atoms with Crippen molar-refractivity contribution in [3.8, 4) is 0 Å². The number of nitrogens with one attached hydrogen (secondary N) is 2. The van der Waals surface area contributed by atoms with E-state index in [9.17, 15) is 9.59 Å². The molecule has 2 N–H and O–H groups in total. The lowest BCUT2D eigenvalue weighted by molar-refractivity contribution is -0.116. The molecule has 0 spiro atoms. The van der Waals surface area contributed by atoms with Gasteiger partial charge < -0.3 is 15.5 Å². The molecule has 0 aromatic heterocycles. The average Bonchev–Trinajstić information content (AvgIpc) is 3.02. The van der Waals surface area contributed by atoms with Crippen molar-refractivity contribution in [1.29, 1.82) is 0 Å². The molecule has 26 heavy (non-hydrogen) atoms. The predicted molar refractivity (Wildman–Crippen MR) is 104 cm³/mol. The van der Waals surface area contributed by atoms with Gasteiger partial charge in [0.25, 0.3) is 0 Å². The monoisotopic (exact) mass is 349 g/mol. The first-order valence-electron chi connectivity index (χ1n) is 9.24. The van der Waals surface area contributed by atoms with Crippen molar-refractivity contribution < 1.29 is 9.59 Å². The predicted octanol–water partition coefficient (Wildman–Crippen LogP) is 3.35. The third-order valence-electron chi connectivity index (χ3n) is 5.03. The Morgan fingerprint density at radius 1 is 1.04 bits per heavy atom. The first-order valence-corrected chi connectivity index (χ1v) is 9.24. The number of nitrogens with zero attached hydrogens (tertiary/aromatic N) is 1. The van der Waals surface area contributed by atoms with Crippen LogP contribution in [0.3, 0.4) is 0 Å². The maximum atomic E-state index is 12.3. The molecule has 5 heteroatoms. The average molecular weight is 349 g/mol. The number of carbonyl (C=O) groups is 2. The lowest BCUT2D eigenvalue weighted by atomic mass is 10.1. The number of hydrogen-bond acceptors (Lipinski definition) is 3. The van der Waals surface area contributed by atoms with Crippen LogP contribution in [0.5, 0.6) is 0 Å². The summed E-state index contributed by atoms with van der Waals surface area (Å²) in [7, 11) is 0. The van der Waals surface area contributed by atoms with Crippen LogP contribution in [0, 0.1) is 0 Å². The van der Waals surface area contributed by atoms with Crippen LogP contribution in [0.25, 0.3) is 0 Å². The molecule has 2 heterocycles. The Kier molecular flexibility index (Phi) is 4.61. The molecule has 0 unspecified atom stereocenters. The summed E-state index contributed by atoms with van der Waals surface area (Å²) in [4.78, 5) is 26.1. The fourth-order valence-corrected chi connectivity index (χ4v) is 3.69. The molecule has 134 valence electrons. The highest BCUT2D eigenvalue weighted by molar-refractivity contribution is 5.99. The molecular formula is C21H23N3O2. The largest absolute Gasteiger partial charge is 0.372 e. The molecule has 0 aliphatic carbocycles. The van der Waals surface area contributed by atoms with Crippen molar-refractivity contribution in [3.05, 3.63) is 53.6 Å². The van der Waals surface area contributed by atoms with Crippen LogP contribution in [0.2, 0.25) is 0 Å². The van der Waals surface area contributed by atoms with E-state index in [1.165, 1.54) is 24.9 Å². The second-order valence-corrected chi connectivity index (χ2v) is 7.04. The molecule has 1 saturated heterocycles. The number of hydrogen-bond donors (Lipinski definition) is 2. The van der Waals surface area contributed by atoms with E-state index >= 15 is 0 Å². The SMILES string of the molecule is O=C(Cc1ccc2c(c1)CC(=O)N2)Nc1ccc(N2CCCCC2)cc1. The third-order valence-corrected chi connectivity index (χ3v) is 5.03. The highest BCUT2D eigenvalue weighted by atomic mass is 16.2. The third kappa shape index (κ3) is 3.72. The van der Waals surface area contributed by atoms with Gasteiger partial charge in [-0.25, -0.2) is 0 Å². The van der Waals surface area contributed by atoms with Gasteiger partial charge in [0.2, 0.25) is 11.8 Å². The van der Waals surface area contributed by atoms with E-state index < -0.39 is 0 Å². The lowest BCUT2D eigenvalue weighted by Gasteiger charge is -2.28. The Labute approximate surface area is 153 Å². The molecule has 2 aromatic carbocycles. The summed E-state index contributed by atoms with van der Waals surface area (Å²) >= 11 is 0. The van der Waals surface area contributed by atoms with Crippen LogP contribution >= 0.6 is 0 Å². The topological polar surface area (TPSA) is 61.4 Å². The number of rotatable bonds is 4. The standard InChI is InChI=1S/C21H23N3O2/c25-20(13-15-4-9-19-16(12-15)14-21(26)23-19)22-17-5-7-18(8-6-17)24-10-2-1-3-11-24/h4-9,12H,1-3,10-11,13-14H2,(H,22,25)(H,23,26). The van der Waals surface area contributed by atoms with Gasteiger partial charge in [-0.2, -0.15) is 0 Å². The second kappa shape index (κ2) is 7.20. The van der Waals surface area contributed by atoms with Crippen molar-refractivity contribution in [1.82, 2.24) is 0 Å². The maximum Gasteiger partial charge on any atom is 0.228 e. The number of piperidine rings is 1. The first kappa shape index (κ1) is 16.6. The van der Waals surface area contributed by atoms with Crippen molar-refractivity contribution >= 4 is 28.9 Å². The van der Waals surface area contributed by atoms with Crippen LogP contribution in [-0.4, -0.2) is 24.9 Å². The molecule has 2 amide bonds. The molecule has 0 atom stereocenters. The minimum Gasteiger partial charge on any atom is -0.372 e. The highest BCUT2D eigenvalue weighted by Gasteiger charge is 2.18. The molecule has 2 aliphatic rings. The fraction of sp³-hybridized carbons (Fsp3) is 0.333. The Morgan fingerprint density at radius 3 is 2.58 bits per heavy atom. The van der Waals surface area contributed by atoms with Crippen LogP contribution in [0.4, 0.5) is 17.1 Å². The second-order valence-electron chi connectivity index (χ2n) is 7.04. The normalized spacial score (nSPS) is 16.2. The van der Waals surface area contributed by atoms with Gasteiger partial charge >= 0.3 is 0 Å². The highest BCUT2D eigenvalue weighted by Crippen LogP contribution is 2.25. The van der Waals surface area contributed by atoms with Gasteiger partial charge in [-0.1, -0.05) is 12.1 Å². The Hall–Kier alpha value is -2.82.